The van der Waals surface area contributed by atoms with Crippen LogP contribution in [0.1, 0.15) is 134 Å². The lowest BCUT2D eigenvalue weighted by atomic mass is 9.78. The van der Waals surface area contributed by atoms with Gasteiger partial charge < -0.3 is 49.8 Å². The van der Waals surface area contributed by atoms with E-state index in [0.717, 1.165) is 38.5 Å². The summed E-state index contributed by atoms with van der Waals surface area (Å²) in [5.74, 6) is -8.24. The zero-order valence-corrected chi connectivity index (χ0v) is 39.6. The molecule has 0 aromatic heterocycles. The van der Waals surface area contributed by atoms with E-state index >= 15 is 0 Å². The molecule has 1 amide bonds. The van der Waals surface area contributed by atoms with Gasteiger partial charge in [-0.1, -0.05) is 97.3 Å². The van der Waals surface area contributed by atoms with E-state index in [1.54, 1.807) is 46.8 Å². The predicted molar refractivity (Wildman–Crippen MR) is 249 cm³/mol. The highest BCUT2D eigenvalue weighted by molar-refractivity contribution is 6.23. The topological polar surface area (TPSA) is 217 Å². The zero-order valence-electron chi connectivity index (χ0n) is 39.6. The number of phenols is 3. The number of anilines is 1. The number of fused-ring (bicyclic) bond motifs is 14. The first-order valence-corrected chi connectivity index (χ1v) is 23.2. The van der Waals surface area contributed by atoms with E-state index in [2.05, 4.69) is 5.32 Å². The maximum absolute atomic E-state index is 14.6. The Kier molecular flexibility index (Phi) is 17.5. The molecule has 2 aromatic carbocycles. The molecule has 4 aliphatic heterocycles. The van der Waals surface area contributed by atoms with Crippen molar-refractivity contribution in [1.82, 2.24) is 5.01 Å². The second-order valence-corrected chi connectivity index (χ2v) is 18.4. The Balaban J connectivity index is 1.69. The highest BCUT2D eigenvalue weighted by atomic mass is 16.7. The third-order valence-electron chi connectivity index (χ3n) is 13.5. The van der Waals surface area contributed by atoms with Crippen LogP contribution in [0.3, 0.4) is 0 Å². The summed E-state index contributed by atoms with van der Waals surface area (Å²) in [6, 6.07) is 0. The molecule has 0 saturated carbocycles. The Hall–Kier alpha value is -5.12. The minimum absolute atomic E-state index is 0.0677. The molecular formula is C50H71N3O12. The van der Waals surface area contributed by atoms with Crippen LogP contribution in [0.2, 0.25) is 0 Å². The fourth-order valence-electron chi connectivity index (χ4n) is 9.24. The Morgan fingerprint density at radius 1 is 0.846 bits per heavy atom. The first kappa shape index (κ1) is 50.9. The largest absolute Gasteiger partial charge is 0.507 e. The summed E-state index contributed by atoms with van der Waals surface area (Å²) >= 11 is 0. The molecule has 1 fully saturated rings. The first-order valence-electron chi connectivity index (χ1n) is 23.2. The molecule has 6 rings (SSSR count). The summed E-state index contributed by atoms with van der Waals surface area (Å²) < 4.78 is 23.8. The molecule has 65 heavy (non-hydrogen) atoms. The molecule has 15 heteroatoms. The van der Waals surface area contributed by atoms with E-state index in [9.17, 15) is 39.9 Å². The number of benzene rings is 2. The van der Waals surface area contributed by atoms with Crippen molar-refractivity contribution in [3.05, 3.63) is 52.8 Å². The van der Waals surface area contributed by atoms with Gasteiger partial charge >= 0.3 is 11.8 Å². The number of aliphatic hydroxyl groups excluding tert-OH is 2. The standard InChI is InChI=1S/C50H71N3O12/c1-28-21-20-22-29(2)49(61)52-40-35(27-51-53-24-18-16-14-12-10-11-13-15-17-19-25-53)44(58)37-38(45(40)59)43(57)33(6)47-39(37)48(60)50(8,65-47)63-26-23-36(62-9)30(3)46(64-34(7)54)32(5)42(56)31(4)41(28)55/h20-23,26-28,30-32,36,41-42,46,55-59H,10-19,24-25H2,1-9H3,(H,52,61)/b21-20+,26-23+,29-22+,51-27+. The number of aromatic hydroxyl groups is 3. The van der Waals surface area contributed by atoms with Crippen molar-refractivity contribution in [1.29, 1.82) is 0 Å². The number of carbonyl (C=O) groups is 3. The van der Waals surface area contributed by atoms with Crippen LogP contribution < -0.4 is 10.1 Å². The molecule has 0 spiro atoms. The highest BCUT2D eigenvalue weighted by Crippen LogP contribution is 2.55. The van der Waals surface area contributed by atoms with Crippen molar-refractivity contribution < 1.29 is 58.9 Å². The lowest BCUT2D eigenvalue weighted by Crippen LogP contribution is -2.46. The number of rotatable bonds is 4. The Labute approximate surface area is 383 Å². The van der Waals surface area contributed by atoms with Crippen molar-refractivity contribution in [3.8, 4) is 23.0 Å². The molecule has 4 aliphatic rings. The molecule has 15 nitrogen and oxygen atoms in total. The minimum atomic E-state index is -2.04. The van der Waals surface area contributed by atoms with Crippen LogP contribution in [0.4, 0.5) is 5.69 Å². The van der Waals surface area contributed by atoms with Gasteiger partial charge in [0.15, 0.2) is 5.75 Å². The summed E-state index contributed by atoms with van der Waals surface area (Å²) in [6.45, 7) is 13.9. The van der Waals surface area contributed by atoms with Crippen LogP contribution in [0.5, 0.6) is 23.0 Å². The van der Waals surface area contributed by atoms with Gasteiger partial charge in [0, 0.05) is 74.2 Å². The van der Waals surface area contributed by atoms with E-state index in [0.29, 0.717) is 13.1 Å². The Morgan fingerprint density at radius 3 is 2.03 bits per heavy atom. The number of phenolic OH excluding ortho intramolecular Hbond substituents is 3. The van der Waals surface area contributed by atoms with Crippen LogP contribution in [0, 0.1) is 30.6 Å². The number of Topliss-reactive ketones (excluding diaryl/α,β-unsaturated/α-hetero) is 1. The highest BCUT2D eigenvalue weighted by Gasteiger charge is 2.50. The average molecular weight is 906 g/mol. The number of nitrogens with zero attached hydrogens (tertiary/aromatic N) is 2. The second kappa shape index (κ2) is 22.4. The molecule has 9 atom stereocenters. The maximum atomic E-state index is 14.6. The van der Waals surface area contributed by atoms with Crippen molar-refractivity contribution in [2.75, 3.05) is 25.5 Å². The van der Waals surface area contributed by atoms with Gasteiger partial charge in [-0.3, -0.25) is 19.4 Å². The lowest BCUT2D eigenvalue weighted by molar-refractivity contribution is -0.160. The van der Waals surface area contributed by atoms with Gasteiger partial charge in [0.05, 0.1) is 53.0 Å². The number of carbonyl (C=O) groups excluding carboxylic acids is 3. The van der Waals surface area contributed by atoms with Gasteiger partial charge in [-0.2, -0.15) is 5.10 Å². The molecule has 1 saturated heterocycles. The van der Waals surface area contributed by atoms with E-state index < -0.39 is 88.8 Å². The number of allylic oxidation sites excluding steroid dienone is 2. The normalized spacial score (nSPS) is 31.2. The molecule has 4 heterocycles. The van der Waals surface area contributed by atoms with Gasteiger partial charge in [0.25, 0.3) is 11.7 Å². The van der Waals surface area contributed by atoms with Crippen LogP contribution in [0.15, 0.2) is 41.2 Å². The number of nitrogens with one attached hydrogen (secondary N) is 1. The van der Waals surface area contributed by atoms with E-state index in [4.69, 9.17) is 24.0 Å². The summed E-state index contributed by atoms with van der Waals surface area (Å²) in [6.07, 6.45) is 16.0. The van der Waals surface area contributed by atoms with Gasteiger partial charge in [-0.15, -0.1) is 0 Å². The van der Waals surface area contributed by atoms with E-state index in [1.165, 1.54) is 78.2 Å². The third kappa shape index (κ3) is 11.5. The van der Waals surface area contributed by atoms with Crippen molar-refractivity contribution in [3.63, 3.8) is 0 Å². The zero-order chi connectivity index (χ0) is 47.7. The SMILES string of the molecule is COC1/C=C/OC2(C)Oc3c(C)c(O)c4c(O)c(c(/C=N/N5CCCCCCCCCCCC5)c(O)c4c3C2=O)NC(=O)/C(C)=C/C=C/C(C)C(O)C(C)C(O)C(C)C(OC(C)=O)C1C. The average Bonchev–Trinajstić information content (AvgIpc) is 3.55. The molecule has 9 unspecified atom stereocenters. The van der Waals surface area contributed by atoms with Crippen LogP contribution in [-0.2, 0) is 23.8 Å². The summed E-state index contributed by atoms with van der Waals surface area (Å²) in [5.41, 5.74) is -0.252. The number of aliphatic hydroxyl groups is 2. The number of hydrogen-bond donors (Lipinski definition) is 6. The second-order valence-electron chi connectivity index (χ2n) is 18.4. The number of ketones is 1. The van der Waals surface area contributed by atoms with Gasteiger partial charge in [-0.05, 0) is 32.8 Å². The number of esters is 1. The lowest BCUT2D eigenvalue weighted by Gasteiger charge is -2.38. The molecule has 358 valence electrons. The number of ether oxygens (including phenoxy) is 4. The van der Waals surface area contributed by atoms with E-state index in [1.807, 2.05) is 5.01 Å². The van der Waals surface area contributed by atoms with Crippen LogP contribution in [0.25, 0.3) is 10.8 Å². The molecular weight excluding hydrogens is 835 g/mol. The van der Waals surface area contributed by atoms with E-state index in [-0.39, 0.29) is 44.5 Å². The predicted octanol–water partition coefficient (Wildman–Crippen LogP) is 8.30. The maximum Gasteiger partial charge on any atom is 0.312 e. The summed E-state index contributed by atoms with van der Waals surface area (Å²) in [7, 11) is 1.45. The fourth-order valence-corrected chi connectivity index (χ4v) is 9.24. The van der Waals surface area contributed by atoms with Crippen LogP contribution >= 0.6 is 0 Å². The quantitative estimate of drug-likeness (QED) is 0.0738. The summed E-state index contributed by atoms with van der Waals surface area (Å²) in [5, 5.41) is 68.1. The van der Waals surface area contributed by atoms with Crippen molar-refractivity contribution >= 4 is 40.3 Å². The molecule has 5 bridgehead atoms. The summed E-state index contributed by atoms with van der Waals surface area (Å²) in [4.78, 5) is 41.0. The third-order valence-corrected chi connectivity index (χ3v) is 13.5. The number of hydrogen-bond acceptors (Lipinski definition) is 14. The van der Waals surface area contributed by atoms with Crippen molar-refractivity contribution in [2.24, 2.45) is 28.8 Å². The van der Waals surface area contributed by atoms with Gasteiger partial charge in [-0.25, -0.2) is 0 Å². The smallest absolute Gasteiger partial charge is 0.312 e. The molecule has 6 N–H and O–H groups in total. The van der Waals surface area contributed by atoms with Crippen LogP contribution in [-0.4, -0.2) is 105 Å². The fraction of sp³-hybridized carbons (Fsp3) is 0.600. The molecule has 0 radical (unpaired) electrons. The number of hydrazone groups is 1. The Bertz CT molecular complexity index is 2150. The Morgan fingerprint density at radius 2 is 1.45 bits per heavy atom. The number of amides is 1. The first-order chi connectivity index (χ1) is 30.8. The monoisotopic (exact) mass is 906 g/mol. The van der Waals surface area contributed by atoms with Crippen molar-refractivity contribution in [2.45, 2.75) is 150 Å². The number of methoxy groups -OCH3 is 1. The minimum Gasteiger partial charge on any atom is -0.507 e. The van der Waals surface area contributed by atoms with Gasteiger partial charge in [0.2, 0.25) is 0 Å². The molecule has 0 aliphatic carbocycles. The van der Waals surface area contributed by atoms with Gasteiger partial charge in [0.1, 0.15) is 23.4 Å². The molecule has 2 aromatic rings.